The average Bonchev–Trinajstić information content (AvgIpc) is 3.10. The van der Waals surface area contributed by atoms with E-state index in [1.54, 1.807) is 37.2 Å². The van der Waals surface area contributed by atoms with Crippen LogP contribution in [-0.4, -0.2) is 42.3 Å². The zero-order valence-electron chi connectivity index (χ0n) is 13.4. The lowest BCUT2D eigenvalue weighted by molar-refractivity contribution is 0.0756. The van der Waals surface area contributed by atoms with Crippen molar-refractivity contribution in [1.82, 2.24) is 9.88 Å². The number of aromatic nitrogens is 1. The average molecular weight is 409 g/mol. The Morgan fingerprint density at radius 2 is 2.17 bits per heavy atom. The number of pyridine rings is 1. The highest BCUT2D eigenvalue weighted by molar-refractivity contribution is 9.10. The Morgan fingerprint density at radius 1 is 1.33 bits per heavy atom. The number of amides is 1. The Hall–Kier alpha value is -1.73. The molecule has 1 amide bonds. The Labute approximate surface area is 153 Å². The van der Waals surface area contributed by atoms with E-state index in [1.807, 2.05) is 23.1 Å². The number of benzene rings is 1. The molecule has 0 spiro atoms. The minimum Gasteiger partial charge on any atom is -0.496 e. The number of hydrogen-bond donors (Lipinski definition) is 0. The van der Waals surface area contributed by atoms with E-state index >= 15 is 0 Å². The highest BCUT2D eigenvalue weighted by atomic mass is 79.9. The summed E-state index contributed by atoms with van der Waals surface area (Å²) < 4.78 is 11.4. The topological polar surface area (TPSA) is 51.7 Å². The minimum atomic E-state index is -0.0677. The monoisotopic (exact) mass is 408 g/mol. The maximum atomic E-state index is 13.0. The molecule has 1 fully saturated rings. The van der Waals surface area contributed by atoms with E-state index in [4.69, 9.17) is 9.47 Å². The van der Waals surface area contributed by atoms with Crippen LogP contribution in [0.5, 0.6) is 11.6 Å². The van der Waals surface area contributed by atoms with Crippen molar-refractivity contribution < 1.29 is 14.3 Å². The van der Waals surface area contributed by atoms with Gasteiger partial charge in [0.1, 0.15) is 16.7 Å². The number of carbonyl (C=O) groups is 1. The molecule has 3 rings (SSSR count). The molecule has 2 aromatic rings. The van der Waals surface area contributed by atoms with E-state index in [0.29, 0.717) is 18.0 Å². The standard InChI is InChI=1S/C17H17BrN2O3S/c1-22-14-6-5-11(10-13(14)18)17-20(8-9-24-17)16(21)12-4-3-7-19-15(12)23-2/h3-7,10,17H,8-9H2,1-2H3. The molecule has 1 aliphatic heterocycles. The van der Waals surface area contributed by atoms with Crippen molar-refractivity contribution in [3.05, 3.63) is 52.1 Å². The summed E-state index contributed by atoms with van der Waals surface area (Å²) in [6.45, 7) is 0.690. The van der Waals surface area contributed by atoms with Gasteiger partial charge in [-0.25, -0.2) is 4.98 Å². The van der Waals surface area contributed by atoms with Crippen LogP contribution in [0.3, 0.4) is 0 Å². The van der Waals surface area contributed by atoms with Gasteiger partial charge in [-0.3, -0.25) is 4.79 Å². The number of hydrogen-bond acceptors (Lipinski definition) is 5. The van der Waals surface area contributed by atoms with Crippen LogP contribution in [0.1, 0.15) is 21.3 Å². The fourth-order valence-corrected chi connectivity index (χ4v) is 4.47. The number of methoxy groups -OCH3 is 2. The van der Waals surface area contributed by atoms with E-state index in [-0.39, 0.29) is 11.3 Å². The molecule has 1 saturated heterocycles. The zero-order valence-corrected chi connectivity index (χ0v) is 15.8. The fraction of sp³-hybridized carbons (Fsp3) is 0.294. The molecule has 1 unspecified atom stereocenters. The van der Waals surface area contributed by atoms with E-state index in [0.717, 1.165) is 21.5 Å². The summed E-state index contributed by atoms with van der Waals surface area (Å²) in [4.78, 5) is 19.0. The lowest BCUT2D eigenvalue weighted by atomic mass is 10.1. The van der Waals surface area contributed by atoms with Gasteiger partial charge in [-0.1, -0.05) is 6.07 Å². The summed E-state index contributed by atoms with van der Waals surface area (Å²) in [5, 5.41) is -0.0374. The molecule has 0 saturated carbocycles. The molecule has 1 aromatic carbocycles. The lowest BCUT2D eigenvalue weighted by Crippen LogP contribution is -2.30. The minimum absolute atomic E-state index is 0.0374. The first-order valence-electron chi connectivity index (χ1n) is 7.40. The van der Waals surface area contributed by atoms with Crippen LogP contribution in [-0.2, 0) is 0 Å². The summed E-state index contributed by atoms with van der Waals surface area (Å²) in [6, 6.07) is 9.40. The normalized spacial score (nSPS) is 17.0. The summed E-state index contributed by atoms with van der Waals surface area (Å²) >= 11 is 5.26. The van der Waals surface area contributed by atoms with Gasteiger partial charge in [0.15, 0.2) is 0 Å². The third kappa shape index (κ3) is 3.23. The molecule has 1 aliphatic rings. The molecule has 0 aliphatic carbocycles. The van der Waals surface area contributed by atoms with Gasteiger partial charge >= 0.3 is 0 Å². The molecule has 5 nitrogen and oxygen atoms in total. The molecule has 24 heavy (non-hydrogen) atoms. The molecular weight excluding hydrogens is 392 g/mol. The van der Waals surface area contributed by atoms with Crippen molar-refractivity contribution >= 4 is 33.6 Å². The number of thioether (sulfide) groups is 1. The smallest absolute Gasteiger partial charge is 0.260 e. The van der Waals surface area contributed by atoms with E-state index in [1.165, 1.54) is 7.11 Å². The summed E-state index contributed by atoms with van der Waals surface area (Å²) in [5.41, 5.74) is 1.54. The van der Waals surface area contributed by atoms with Crippen molar-refractivity contribution in [2.24, 2.45) is 0 Å². The second-order valence-electron chi connectivity index (χ2n) is 5.18. The summed E-state index contributed by atoms with van der Waals surface area (Å²) in [7, 11) is 3.16. The Kier molecular flexibility index (Phi) is 5.30. The van der Waals surface area contributed by atoms with Crippen LogP contribution >= 0.6 is 27.7 Å². The molecule has 0 bridgehead atoms. The molecule has 2 heterocycles. The quantitative estimate of drug-likeness (QED) is 0.770. The van der Waals surface area contributed by atoms with E-state index in [2.05, 4.69) is 20.9 Å². The summed E-state index contributed by atoms with van der Waals surface area (Å²) in [6.07, 6.45) is 1.62. The van der Waals surface area contributed by atoms with Crippen LogP contribution in [0, 0.1) is 0 Å². The molecule has 0 N–H and O–H groups in total. The molecular formula is C17H17BrN2O3S. The van der Waals surface area contributed by atoms with Gasteiger partial charge in [0.05, 0.1) is 18.7 Å². The van der Waals surface area contributed by atoms with Crippen LogP contribution in [0.15, 0.2) is 41.0 Å². The van der Waals surface area contributed by atoms with Gasteiger partial charge in [0.25, 0.3) is 5.91 Å². The van der Waals surface area contributed by atoms with Crippen molar-refractivity contribution in [1.29, 1.82) is 0 Å². The molecule has 126 valence electrons. The number of rotatable bonds is 4. The molecule has 1 aromatic heterocycles. The predicted molar refractivity (Wildman–Crippen MR) is 97.7 cm³/mol. The van der Waals surface area contributed by atoms with Crippen LogP contribution < -0.4 is 9.47 Å². The highest BCUT2D eigenvalue weighted by Gasteiger charge is 2.33. The predicted octanol–water partition coefficient (Wildman–Crippen LogP) is 3.75. The molecule has 1 atom stereocenters. The Balaban J connectivity index is 1.90. The fourth-order valence-electron chi connectivity index (χ4n) is 2.66. The third-order valence-corrected chi connectivity index (χ3v) is 5.69. The Bertz CT molecular complexity index is 756. The van der Waals surface area contributed by atoms with Crippen LogP contribution in [0.25, 0.3) is 0 Å². The number of nitrogens with zero attached hydrogens (tertiary/aromatic N) is 2. The maximum Gasteiger partial charge on any atom is 0.260 e. The first kappa shape index (κ1) is 17.1. The number of ether oxygens (including phenoxy) is 2. The first-order valence-corrected chi connectivity index (χ1v) is 9.25. The van der Waals surface area contributed by atoms with Gasteiger partial charge < -0.3 is 14.4 Å². The van der Waals surface area contributed by atoms with Gasteiger partial charge in [-0.05, 0) is 45.8 Å². The molecule has 7 heteroatoms. The number of halogens is 1. The van der Waals surface area contributed by atoms with Crippen molar-refractivity contribution in [3.63, 3.8) is 0 Å². The zero-order chi connectivity index (χ0) is 17.1. The van der Waals surface area contributed by atoms with Gasteiger partial charge in [0.2, 0.25) is 5.88 Å². The van der Waals surface area contributed by atoms with Crippen molar-refractivity contribution in [2.75, 3.05) is 26.5 Å². The number of carbonyl (C=O) groups excluding carboxylic acids is 1. The summed E-state index contributed by atoms with van der Waals surface area (Å²) in [5.74, 6) is 1.95. The van der Waals surface area contributed by atoms with Crippen LogP contribution in [0.4, 0.5) is 0 Å². The van der Waals surface area contributed by atoms with Crippen molar-refractivity contribution in [2.45, 2.75) is 5.37 Å². The van der Waals surface area contributed by atoms with E-state index < -0.39 is 0 Å². The SMILES string of the molecule is COc1ccc(C2SCCN2C(=O)c2cccnc2OC)cc1Br. The highest BCUT2D eigenvalue weighted by Crippen LogP contribution is 2.41. The van der Waals surface area contributed by atoms with Gasteiger partial charge in [-0.2, -0.15) is 0 Å². The maximum absolute atomic E-state index is 13.0. The van der Waals surface area contributed by atoms with E-state index in [9.17, 15) is 4.79 Å². The first-order chi connectivity index (χ1) is 11.7. The van der Waals surface area contributed by atoms with Gasteiger partial charge in [-0.15, -0.1) is 11.8 Å². The van der Waals surface area contributed by atoms with Crippen molar-refractivity contribution in [3.8, 4) is 11.6 Å². The Morgan fingerprint density at radius 3 is 2.88 bits per heavy atom. The third-order valence-electron chi connectivity index (χ3n) is 3.81. The second-order valence-corrected chi connectivity index (χ2v) is 7.22. The van der Waals surface area contributed by atoms with Gasteiger partial charge in [0, 0.05) is 18.5 Å². The lowest BCUT2D eigenvalue weighted by Gasteiger charge is -2.25. The molecule has 0 radical (unpaired) electrons. The largest absolute Gasteiger partial charge is 0.496 e. The van der Waals surface area contributed by atoms with Crippen LogP contribution in [0.2, 0.25) is 0 Å². The second kappa shape index (κ2) is 7.44.